The molecule has 3 aliphatic rings. The summed E-state index contributed by atoms with van der Waals surface area (Å²) in [5, 5.41) is 7.59. The Bertz CT molecular complexity index is 1040. The van der Waals surface area contributed by atoms with Gasteiger partial charge < -0.3 is 9.64 Å². The van der Waals surface area contributed by atoms with Gasteiger partial charge in [-0.3, -0.25) is 5.10 Å². The summed E-state index contributed by atoms with van der Waals surface area (Å²) in [5.74, 6) is 0.816. The Morgan fingerprint density at radius 2 is 1.90 bits per heavy atom. The molecule has 0 spiro atoms. The van der Waals surface area contributed by atoms with Crippen LogP contribution in [0.5, 0.6) is 0 Å². The van der Waals surface area contributed by atoms with E-state index in [4.69, 9.17) is 4.74 Å². The number of ether oxygens (including phenoxy) is 1. The van der Waals surface area contributed by atoms with Crippen molar-refractivity contribution in [2.75, 3.05) is 31.1 Å². The number of hydrogen-bond donors (Lipinski definition) is 1. The Labute approximate surface area is 183 Å². The van der Waals surface area contributed by atoms with Crippen LogP contribution in [0.15, 0.2) is 12.4 Å². The van der Waals surface area contributed by atoms with Gasteiger partial charge in [-0.05, 0) is 39.5 Å². The molecule has 1 saturated carbocycles. The predicted octanol–water partition coefficient (Wildman–Crippen LogP) is 1.76. The Balaban J connectivity index is 1.31. The Morgan fingerprint density at radius 3 is 2.61 bits per heavy atom. The normalized spacial score (nSPS) is 22.7. The maximum Gasteiger partial charge on any atom is 0.217 e. The highest BCUT2D eigenvalue weighted by molar-refractivity contribution is 7.90. The van der Waals surface area contributed by atoms with Crippen molar-refractivity contribution in [3.63, 3.8) is 0 Å². The van der Waals surface area contributed by atoms with Gasteiger partial charge in [-0.1, -0.05) is 0 Å². The fourth-order valence-corrected chi connectivity index (χ4v) is 6.40. The molecule has 1 atom stereocenters. The third-order valence-corrected chi connectivity index (χ3v) is 8.73. The number of hydrogen-bond acceptors (Lipinski definition) is 7. The fourth-order valence-electron chi connectivity index (χ4n) is 4.57. The first-order valence-corrected chi connectivity index (χ1v) is 12.7. The first-order chi connectivity index (χ1) is 14.9. The van der Waals surface area contributed by atoms with Crippen molar-refractivity contribution in [2.45, 2.75) is 63.4 Å². The SMILES string of the molecule is CC(C)OC1CCc2[nH]nc(-c3cc(N4CCN(S(=O)(=O)C5CC5)CC4)ncn3)c2C1. The van der Waals surface area contributed by atoms with E-state index in [-0.39, 0.29) is 17.5 Å². The van der Waals surface area contributed by atoms with E-state index in [2.05, 4.69) is 38.9 Å². The summed E-state index contributed by atoms with van der Waals surface area (Å²) in [6.45, 7) is 6.40. The first kappa shape index (κ1) is 20.8. The van der Waals surface area contributed by atoms with Gasteiger partial charge >= 0.3 is 0 Å². The van der Waals surface area contributed by atoms with E-state index in [0.29, 0.717) is 26.2 Å². The van der Waals surface area contributed by atoms with Gasteiger partial charge in [0.25, 0.3) is 0 Å². The average molecular weight is 447 g/mol. The number of piperazine rings is 1. The molecular formula is C21H30N6O3S. The van der Waals surface area contributed by atoms with Gasteiger partial charge in [-0.25, -0.2) is 18.4 Å². The molecule has 1 aliphatic heterocycles. The smallest absolute Gasteiger partial charge is 0.217 e. The molecule has 31 heavy (non-hydrogen) atoms. The van der Waals surface area contributed by atoms with Gasteiger partial charge in [0.1, 0.15) is 17.8 Å². The number of sulfonamides is 1. The molecule has 2 aromatic rings. The minimum Gasteiger partial charge on any atom is -0.375 e. The third-order valence-electron chi connectivity index (χ3n) is 6.33. The maximum atomic E-state index is 12.5. The van der Waals surface area contributed by atoms with E-state index in [0.717, 1.165) is 55.0 Å². The fraction of sp³-hybridized carbons (Fsp3) is 0.667. The summed E-state index contributed by atoms with van der Waals surface area (Å²) in [7, 11) is -3.11. The summed E-state index contributed by atoms with van der Waals surface area (Å²) < 4.78 is 32.7. The van der Waals surface area contributed by atoms with Crippen molar-refractivity contribution in [1.29, 1.82) is 0 Å². The van der Waals surface area contributed by atoms with E-state index in [9.17, 15) is 8.42 Å². The van der Waals surface area contributed by atoms with Gasteiger partial charge in [0.15, 0.2) is 0 Å². The largest absolute Gasteiger partial charge is 0.375 e. The minimum absolute atomic E-state index is 0.154. The molecular weight excluding hydrogens is 416 g/mol. The highest BCUT2D eigenvalue weighted by Gasteiger charge is 2.41. The number of aromatic amines is 1. The van der Waals surface area contributed by atoms with E-state index >= 15 is 0 Å². The second-order valence-electron chi connectivity index (χ2n) is 8.97. The molecule has 3 heterocycles. The number of nitrogens with one attached hydrogen (secondary N) is 1. The quantitative estimate of drug-likeness (QED) is 0.721. The van der Waals surface area contributed by atoms with Crippen LogP contribution < -0.4 is 4.90 Å². The summed E-state index contributed by atoms with van der Waals surface area (Å²) in [6.07, 6.45) is 6.33. The van der Waals surface area contributed by atoms with E-state index in [1.54, 1.807) is 10.6 Å². The van der Waals surface area contributed by atoms with Crippen LogP contribution in [0.2, 0.25) is 0 Å². The number of fused-ring (bicyclic) bond motifs is 1. The number of anilines is 1. The number of aryl methyl sites for hydroxylation is 1. The molecule has 0 aromatic carbocycles. The second kappa shape index (κ2) is 8.14. The van der Waals surface area contributed by atoms with Gasteiger partial charge in [-0.2, -0.15) is 9.40 Å². The van der Waals surface area contributed by atoms with Crippen LogP contribution in [0.4, 0.5) is 5.82 Å². The Hall–Kier alpha value is -2.04. The van der Waals surface area contributed by atoms with Gasteiger partial charge in [-0.15, -0.1) is 0 Å². The molecule has 2 fully saturated rings. The molecule has 10 heteroatoms. The van der Waals surface area contributed by atoms with Crippen LogP contribution in [0.3, 0.4) is 0 Å². The molecule has 0 bridgehead atoms. The molecule has 2 aromatic heterocycles. The summed E-state index contributed by atoms with van der Waals surface area (Å²) in [6, 6.07) is 1.97. The number of H-pyrrole nitrogens is 1. The molecule has 1 N–H and O–H groups in total. The molecule has 9 nitrogen and oxygen atoms in total. The van der Waals surface area contributed by atoms with Crippen LogP contribution in [-0.4, -0.2) is 76.5 Å². The second-order valence-corrected chi connectivity index (χ2v) is 11.2. The number of aromatic nitrogens is 4. The maximum absolute atomic E-state index is 12.5. The lowest BCUT2D eigenvalue weighted by atomic mass is 9.92. The van der Waals surface area contributed by atoms with Crippen molar-refractivity contribution in [3.05, 3.63) is 23.7 Å². The van der Waals surface area contributed by atoms with Gasteiger partial charge in [0.2, 0.25) is 10.0 Å². The zero-order valence-electron chi connectivity index (χ0n) is 18.1. The molecule has 5 rings (SSSR count). The van der Waals surface area contributed by atoms with Crippen molar-refractivity contribution >= 4 is 15.8 Å². The highest BCUT2D eigenvalue weighted by atomic mass is 32.2. The van der Waals surface area contributed by atoms with E-state index in [1.165, 1.54) is 5.56 Å². The van der Waals surface area contributed by atoms with Crippen LogP contribution in [0.1, 0.15) is 44.4 Å². The zero-order chi connectivity index (χ0) is 21.6. The van der Waals surface area contributed by atoms with Crippen molar-refractivity contribution in [1.82, 2.24) is 24.5 Å². The Kier molecular flexibility index (Phi) is 5.47. The molecule has 1 saturated heterocycles. The summed E-state index contributed by atoms with van der Waals surface area (Å²) in [4.78, 5) is 11.1. The monoisotopic (exact) mass is 446 g/mol. The average Bonchev–Trinajstić information content (AvgIpc) is 3.55. The van der Waals surface area contributed by atoms with Gasteiger partial charge in [0.05, 0.1) is 23.2 Å². The molecule has 1 unspecified atom stereocenters. The van der Waals surface area contributed by atoms with Crippen molar-refractivity contribution in [3.8, 4) is 11.4 Å². The standard InChI is InChI=1S/C21H30N6O3S/c1-14(2)30-15-3-6-18-17(11-15)21(25-24-18)19-12-20(23-13-22-19)26-7-9-27(10-8-26)31(28,29)16-4-5-16/h12-16H,3-11H2,1-2H3,(H,24,25). The first-order valence-electron chi connectivity index (χ1n) is 11.2. The third kappa shape index (κ3) is 4.20. The molecule has 168 valence electrons. The predicted molar refractivity (Wildman–Crippen MR) is 117 cm³/mol. The molecule has 2 aliphatic carbocycles. The van der Waals surface area contributed by atoms with Crippen molar-refractivity contribution in [2.24, 2.45) is 0 Å². The lowest BCUT2D eigenvalue weighted by Gasteiger charge is -2.34. The van der Waals surface area contributed by atoms with Crippen molar-refractivity contribution < 1.29 is 13.2 Å². The van der Waals surface area contributed by atoms with E-state index in [1.807, 2.05) is 6.07 Å². The molecule has 0 amide bonds. The Morgan fingerprint density at radius 1 is 1.13 bits per heavy atom. The van der Waals surface area contributed by atoms with Crippen LogP contribution in [0, 0.1) is 0 Å². The number of nitrogens with zero attached hydrogens (tertiary/aromatic N) is 5. The minimum atomic E-state index is -3.11. The van der Waals surface area contributed by atoms with Crippen LogP contribution in [-0.2, 0) is 27.6 Å². The van der Waals surface area contributed by atoms with E-state index < -0.39 is 10.0 Å². The van der Waals surface area contributed by atoms with Crippen LogP contribution >= 0.6 is 0 Å². The lowest BCUT2D eigenvalue weighted by Crippen LogP contribution is -2.49. The number of rotatable bonds is 6. The topological polar surface area (TPSA) is 104 Å². The van der Waals surface area contributed by atoms with Gasteiger partial charge in [0, 0.05) is 49.9 Å². The molecule has 0 radical (unpaired) electrons. The lowest BCUT2D eigenvalue weighted by molar-refractivity contribution is 0.000825. The summed E-state index contributed by atoms with van der Waals surface area (Å²) in [5.41, 5.74) is 4.01. The zero-order valence-corrected chi connectivity index (χ0v) is 18.9. The highest BCUT2D eigenvalue weighted by Crippen LogP contribution is 2.33. The summed E-state index contributed by atoms with van der Waals surface area (Å²) >= 11 is 0. The van der Waals surface area contributed by atoms with Crippen LogP contribution in [0.25, 0.3) is 11.4 Å².